The third-order valence-corrected chi connectivity index (χ3v) is 1.19. The Morgan fingerprint density at radius 1 is 0.682 bits per heavy atom. The van der Waals surface area contributed by atoms with Gasteiger partial charge in [0.1, 0.15) is 23.7 Å². The average molecular weight is 404 g/mol. The summed E-state index contributed by atoms with van der Waals surface area (Å²) in [6.45, 7) is 5.89. The summed E-state index contributed by atoms with van der Waals surface area (Å²) in [5.41, 5.74) is 5.12. The molecule has 1 aliphatic heterocycles. The summed E-state index contributed by atoms with van der Waals surface area (Å²) >= 11 is 0. The molecule has 1 heterocycles. The minimum absolute atomic E-state index is 0.782. The molecule has 0 spiro atoms. The minimum Gasteiger partial charge on any atom is -0.378 e. The number of ether oxygens (including phenoxy) is 1. The molecule has 22 heavy (non-hydrogen) atoms. The smallest absolute Gasteiger partial charge is 0.378 e. The molecular weight excluding hydrogens is 394 g/mol. The van der Waals surface area contributed by atoms with Crippen molar-refractivity contribution in [2.75, 3.05) is 26.3 Å². The van der Waals surface area contributed by atoms with Crippen LogP contribution in [0.5, 0.6) is 0 Å². The molecule has 3 nitrogen and oxygen atoms in total. The molecule has 0 aliphatic carbocycles. The van der Waals surface area contributed by atoms with E-state index in [1.54, 1.807) is 0 Å². The van der Waals surface area contributed by atoms with E-state index in [2.05, 4.69) is 6.67 Å². The van der Waals surface area contributed by atoms with Gasteiger partial charge in [0.05, 0.1) is 13.2 Å². The van der Waals surface area contributed by atoms with E-state index in [-0.39, 0.29) is 0 Å². The van der Waals surface area contributed by atoms with Crippen LogP contribution >= 0.6 is 15.6 Å². The first-order chi connectivity index (χ1) is 8.83. The van der Waals surface area contributed by atoms with Gasteiger partial charge in [0.25, 0.3) is 0 Å². The molecule has 1 aliphatic rings. The maximum absolute atomic E-state index is 10.7. The van der Waals surface area contributed by atoms with E-state index in [0.29, 0.717) is 0 Å². The second-order valence-electron chi connectivity index (χ2n) is 3.65. The van der Waals surface area contributed by atoms with Crippen LogP contribution in [0.4, 0.5) is 50.4 Å². The molecule has 1 rings (SSSR count). The minimum atomic E-state index is -10.7. The van der Waals surface area contributed by atoms with Crippen molar-refractivity contribution in [2.24, 2.45) is 5.73 Å². The van der Waals surface area contributed by atoms with Crippen molar-refractivity contribution in [3.05, 3.63) is 6.67 Å². The fourth-order valence-corrected chi connectivity index (χ4v) is 0.692. The van der Waals surface area contributed by atoms with E-state index in [1.807, 2.05) is 4.90 Å². The Morgan fingerprint density at radius 2 is 0.909 bits per heavy atom. The maximum atomic E-state index is 9.87. The summed E-state index contributed by atoms with van der Waals surface area (Å²) in [6.07, 6.45) is 0. The van der Waals surface area contributed by atoms with Crippen LogP contribution in [-0.4, -0.2) is 31.2 Å². The molecule has 0 aromatic carbocycles. The molecule has 0 radical (unpaired) electrons. The molecule has 1 saturated heterocycles. The zero-order chi connectivity index (χ0) is 18.6. The Kier molecular flexibility index (Phi) is 5.83. The van der Waals surface area contributed by atoms with Crippen LogP contribution in [0.1, 0.15) is 0 Å². The van der Waals surface area contributed by atoms with E-state index in [9.17, 15) is 50.4 Å². The Bertz CT molecular complexity index is 299. The fourth-order valence-electron chi connectivity index (χ4n) is 0.692. The van der Waals surface area contributed by atoms with Crippen molar-refractivity contribution < 1.29 is 55.1 Å². The first kappa shape index (κ1) is 23.9. The van der Waals surface area contributed by atoms with Crippen molar-refractivity contribution in [1.82, 2.24) is 4.90 Å². The van der Waals surface area contributed by atoms with Crippen LogP contribution in [0.15, 0.2) is 0 Å². The quantitative estimate of drug-likeness (QED) is 0.329. The van der Waals surface area contributed by atoms with Crippen LogP contribution < -0.4 is 5.73 Å². The molecule has 0 unspecified atom stereocenters. The van der Waals surface area contributed by atoms with Crippen molar-refractivity contribution in [3.63, 3.8) is 0 Å². The maximum Gasteiger partial charge on any atom is 0.826 e. The summed E-state index contributed by atoms with van der Waals surface area (Å²) in [6, 6.07) is 0. The van der Waals surface area contributed by atoms with Crippen molar-refractivity contribution in [2.45, 2.75) is 0 Å². The van der Waals surface area contributed by atoms with Crippen LogP contribution in [0, 0.1) is 6.67 Å². The predicted octanol–water partition coefficient (Wildman–Crippen LogP) is 6.04. The topological polar surface area (TPSA) is 38.5 Å². The Labute approximate surface area is 115 Å². The number of halogens is 12. The molecule has 140 valence electrons. The summed E-state index contributed by atoms with van der Waals surface area (Å²) in [7, 11) is -21.3. The molecule has 2 N–H and O–H groups in total. The summed E-state index contributed by atoms with van der Waals surface area (Å²) in [4.78, 5) is 1.92. The molecule has 0 atom stereocenters. The fraction of sp³-hybridized carbons (Fsp3) is 0.800. The average Bonchev–Trinajstić information content (AvgIpc) is 2.09. The van der Waals surface area contributed by atoms with Gasteiger partial charge in [-0.2, -0.15) is 0 Å². The first-order valence-electron chi connectivity index (χ1n) is 4.75. The third kappa shape index (κ3) is 73.3. The monoisotopic (exact) mass is 404 g/mol. The third-order valence-electron chi connectivity index (χ3n) is 1.19. The molecule has 0 aromatic heterocycles. The van der Waals surface area contributed by atoms with E-state index < -0.39 is 15.6 Å². The van der Waals surface area contributed by atoms with Gasteiger partial charge in [-0.05, 0) is 0 Å². The molecule has 0 amide bonds. The largest absolute Gasteiger partial charge is 0.826 e. The van der Waals surface area contributed by atoms with E-state index >= 15 is 0 Å². The second kappa shape index (κ2) is 5.35. The molecule has 17 heteroatoms. The van der Waals surface area contributed by atoms with E-state index in [4.69, 9.17) is 10.5 Å². The van der Waals surface area contributed by atoms with E-state index in [1.165, 1.54) is 0 Å². The SMILES string of the molecule is F[P-](F)(F)(F)(F)F.F[P-](F)(F)(F)(F)F.N[C+2]N1CCOCC1. The van der Waals surface area contributed by atoms with Gasteiger partial charge in [-0.15, -0.1) is 0 Å². The first-order valence-corrected chi connectivity index (χ1v) is 8.81. The molecule has 0 saturated carbocycles. The van der Waals surface area contributed by atoms with Gasteiger partial charge in [-0.3, -0.25) is 0 Å². The van der Waals surface area contributed by atoms with Crippen LogP contribution in [0.25, 0.3) is 0 Å². The Hall–Kier alpha value is -0.320. The summed E-state index contributed by atoms with van der Waals surface area (Å²) in [5, 5.41) is 0. The second-order valence-corrected chi connectivity index (χ2v) is 7.48. The number of hydrogen-bond donors (Lipinski definition) is 1. The van der Waals surface area contributed by atoms with Crippen molar-refractivity contribution in [3.8, 4) is 0 Å². The van der Waals surface area contributed by atoms with Crippen molar-refractivity contribution >= 4 is 15.6 Å². The normalized spacial score (nSPS) is 23.0. The van der Waals surface area contributed by atoms with Crippen LogP contribution in [0.2, 0.25) is 0 Å². The van der Waals surface area contributed by atoms with Gasteiger partial charge >= 0.3 is 72.6 Å². The van der Waals surface area contributed by atoms with Gasteiger partial charge in [0.2, 0.25) is 0 Å². The standard InChI is InChI=1S/C5H10N2O.2F6P/c6-5-7-1-3-8-4-2-7;2*1-7(2,3,4,5)6/h1-4,6H2;;/q+2;2*-1. The van der Waals surface area contributed by atoms with E-state index in [0.717, 1.165) is 26.3 Å². The van der Waals surface area contributed by atoms with Crippen LogP contribution in [-0.2, 0) is 4.74 Å². The number of rotatable bonds is 1. The zero-order valence-electron chi connectivity index (χ0n) is 10.2. The van der Waals surface area contributed by atoms with Gasteiger partial charge in [0.15, 0.2) is 0 Å². The zero-order valence-corrected chi connectivity index (χ0v) is 12.0. The Balaban J connectivity index is 0. The Morgan fingerprint density at radius 3 is 1.05 bits per heavy atom. The summed E-state index contributed by atoms with van der Waals surface area (Å²) in [5.74, 6) is 0. The van der Waals surface area contributed by atoms with Gasteiger partial charge in [0, 0.05) is 0 Å². The predicted molar refractivity (Wildman–Crippen MR) is 57.0 cm³/mol. The molecular formula is C5H10F12N2OP2. The van der Waals surface area contributed by atoms with Crippen LogP contribution in [0.3, 0.4) is 0 Å². The summed E-state index contributed by atoms with van der Waals surface area (Å²) < 4.78 is 123. The molecule has 0 aromatic rings. The number of nitrogens with two attached hydrogens (primary N) is 1. The van der Waals surface area contributed by atoms with Gasteiger partial charge in [-0.25, -0.2) is 0 Å². The van der Waals surface area contributed by atoms with Crippen molar-refractivity contribution in [1.29, 1.82) is 0 Å². The van der Waals surface area contributed by atoms with Gasteiger partial charge in [-0.1, -0.05) is 0 Å². The van der Waals surface area contributed by atoms with Gasteiger partial charge < -0.3 is 4.74 Å². The number of nitrogens with zero attached hydrogens (tertiary/aromatic N) is 1. The molecule has 0 bridgehead atoms. The molecule has 1 fully saturated rings. The number of morpholine rings is 1. The number of hydrogen-bond acceptors (Lipinski definition) is 3.